The van der Waals surface area contributed by atoms with Gasteiger partial charge in [-0.2, -0.15) is 0 Å². The molecule has 128 valence electrons. The smallest absolute Gasteiger partial charge is 0.327 e. The van der Waals surface area contributed by atoms with Crippen molar-refractivity contribution >= 4 is 17.8 Å². The molecule has 0 aliphatic carbocycles. The zero-order valence-electron chi connectivity index (χ0n) is 13.7. The van der Waals surface area contributed by atoms with Crippen molar-refractivity contribution in [1.29, 1.82) is 0 Å². The Hall–Kier alpha value is -1.43. The van der Waals surface area contributed by atoms with E-state index < -0.39 is 11.9 Å². The minimum Gasteiger partial charge on any atom is -0.392 e. The Morgan fingerprint density at radius 2 is 1.45 bits per heavy atom. The van der Waals surface area contributed by atoms with Crippen molar-refractivity contribution in [2.24, 2.45) is 5.73 Å². The van der Waals surface area contributed by atoms with Gasteiger partial charge in [0.05, 0.1) is 6.54 Å². The molecule has 0 aliphatic rings. The molecule has 0 unspecified atom stereocenters. The fourth-order valence-electron chi connectivity index (χ4n) is 1.97. The highest BCUT2D eigenvalue weighted by atomic mass is 16.6. The first-order valence-electron chi connectivity index (χ1n) is 8.30. The summed E-state index contributed by atoms with van der Waals surface area (Å²) < 4.78 is 4.46. The minimum absolute atomic E-state index is 0.140. The molecule has 3 N–H and O–H groups in total. The SMILES string of the molecule is CCCCNC(=O)CCCCCCCCC(=O)OC(=O)CN. The number of rotatable bonds is 13. The summed E-state index contributed by atoms with van der Waals surface area (Å²) in [5.41, 5.74) is 5.04. The number of carbonyl (C=O) groups excluding carboxylic acids is 3. The van der Waals surface area contributed by atoms with Gasteiger partial charge in [0.1, 0.15) is 0 Å². The van der Waals surface area contributed by atoms with Crippen molar-refractivity contribution in [2.75, 3.05) is 13.1 Å². The van der Waals surface area contributed by atoms with E-state index in [9.17, 15) is 14.4 Å². The second-order valence-corrected chi connectivity index (χ2v) is 5.38. The van der Waals surface area contributed by atoms with Crippen LogP contribution in [0.2, 0.25) is 0 Å². The third kappa shape index (κ3) is 13.5. The van der Waals surface area contributed by atoms with Crippen LogP contribution in [0.5, 0.6) is 0 Å². The lowest BCUT2D eigenvalue weighted by Gasteiger charge is -2.04. The Morgan fingerprint density at radius 3 is 2.05 bits per heavy atom. The molecular formula is C16H30N2O4. The predicted molar refractivity (Wildman–Crippen MR) is 85.0 cm³/mol. The second-order valence-electron chi connectivity index (χ2n) is 5.38. The zero-order chi connectivity index (χ0) is 16.6. The van der Waals surface area contributed by atoms with E-state index in [2.05, 4.69) is 17.0 Å². The Labute approximate surface area is 133 Å². The number of esters is 2. The predicted octanol–water partition coefficient (Wildman–Crippen LogP) is 2.05. The van der Waals surface area contributed by atoms with Crippen molar-refractivity contribution in [3.05, 3.63) is 0 Å². The van der Waals surface area contributed by atoms with E-state index in [4.69, 9.17) is 5.73 Å². The van der Waals surface area contributed by atoms with E-state index in [1.807, 2.05) is 0 Å². The van der Waals surface area contributed by atoms with Gasteiger partial charge in [0.25, 0.3) is 0 Å². The summed E-state index contributed by atoms with van der Waals surface area (Å²) >= 11 is 0. The first-order chi connectivity index (χ1) is 10.6. The van der Waals surface area contributed by atoms with Gasteiger partial charge >= 0.3 is 11.9 Å². The van der Waals surface area contributed by atoms with Gasteiger partial charge in [-0.05, 0) is 19.3 Å². The van der Waals surface area contributed by atoms with E-state index in [-0.39, 0.29) is 18.9 Å². The lowest BCUT2D eigenvalue weighted by atomic mass is 10.1. The molecule has 0 saturated carbocycles. The molecule has 0 saturated heterocycles. The first kappa shape index (κ1) is 20.6. The monoisotopic (exact) mass is 314 g/mol. The van der Waals surface area contributed by atoms with Crippen molar-refractivity contribution in [3.63, 3.8) is 0 Å². The number of amides is 1. The Kier molecular flexibility index (Phi) is 13.6. The third-order valence-electron chi connectivity index (χ3n) is 3.28. The minimum atomic E-state index is -0.679. The van der Waals surface area contributed by atoms with Gasteiger partial charge in [-0.25, -0.2) is 0 Å². The van der Waals surface area contributed by atoms with Gasteiger partial charge < -0.3 is 15.8 Å². The highest BCUT2D eigenvalue weighted by molar-refractivity contribution is 5.86. The highest BCUT2D eigenvalue weighted by Crippen LogP contribution is 2.09. The maximum absolute atomic E-state index is 11.4. The quantitative estimate of drug-likeness (QED) is 0.308. The van der Waals surface area contributed by atoms with Crippen LogP contribution in [0.15, 0.2) is 0 Å². The van der Waals surface area contributed by atoms with Crippen molar-refractivity contribution in [1.82, 2.24) is 5.32 Å². The first-order valence-corrected chi connectivity index (χ1v) is 8.30. The number of nitrogens with one attached hydrogen (secondary N) is 1. The highest BCUT2D eigenvalue weighted by Gasteiger charge is 2.07. The number of ether oxygens (including phenoxy) is 1. The Bertz CT molecular complexity index is 332. The molecule has 0 aromatic carbocycles. The van der Waals surface area contributed by atoms with Crippen molar-refractivity contribution < 1.29 is 19.1 Å². The number of carbonyl (C=O) groups is 3. The average molecular weight is 314 g/mol. The van der Waals surface area contributed by atoms with Crippen LogP contribution in [0.4, 0.5) is 0 Å². The van der Waals surface area contributed by atoms with Crippen LogP contribution in [-0.2, 0) is 19.1 Å². The van der Waals surface area contributed by atoms with Crippen LogP contribution in [0, 0.1) is 0 Å². The molecule has 22 heavy (non-hydrogen) atoms. The molecule has 1 amide bonds. The molecule has 0 aromatic rings. The molecule has 0 aliphatic heterocycles. The normalized spacial score (nSPS) is 10.3. The number of unbranched alkanes of at least 4 members (excludes halogenated alkanes) is 6. The molecule has 6 nitrogen and oxygen atoms in total. The molecule has 0 atom stereocenters. The molecule has 0 heterocycles. The van der Waals surface area contributed by atoms with Crippen LogP contribution in [0.3, 0.4) is 0 Å². The fraction of sp³-hybridized carbons (Fsp3) is 0.812. The molecular weight excluding hydrogens is 284 g/mol. The summed E-state index contributed by atoms with van der Waals surface area (Å²) in [5, 5.41) is 2.90. The van der Waals surface area contributed by atoms with Gasteiger partial charge in [-0.1, -0.05) is 39.0 Å². The topological polar surface area (TPSA) is 98.5 Å². The van der Waals surface area contributed by atoms with E-state index in [0.717, 1.165) is 51.5 Å². The van der Waals surface area contributed by atoms with Gasteiger partial charge in [0, 0.05) is 19.4 Å². The van der Waals surface area contributed by atoms with Crippen molar-refractivity contribution in [3.8, 4) is 0 Å². The number of hydrogen-bond acceptors (Lipinski definition) is 5. The van der Waals surface area contributed by atoms with Gasteiger partial charge in [0.2, 0.25) is 5.91 Å². The molecule has 6 heteroatoms. The maximum Gasteiger partial charge on any atom is 0.327 e. The Morgan fingerprint density at radius 1 is 0.864 bits per heavy atom. The Balaban J connectivity index is 3.31. The molecule has 0 aromatic heterocycles. The summed E-state index contributed by atoms with van der Waals surface area (Å²) in [6.45, 7) is 2.61. The average Bonchev–Trinajstić information content (AvgIpc) is 2.50. The van der Waals surface area contributed by atoms with Crippen LogP contribution in [0.25, 0.3) is 0 Å². The molecule has 0 bridgehead atoms. The van der Waals surface area contributed by atoms with E-state index in [1.54, 1.807) is 0 Å². The number of nitrogens with two attached hydrogens (primary N) is 1. The van der Waals surface area contributed by atoms with Gasteiger partial charge in [-0.3, -0.25) is 14.4 Å². The standard InChI is InChI=1S/C16H30N2O4/c1-2-3-12-18-14(19)10-8-6-4-5-7-9-11-15(20)22-16(21)13-17/h2-13,17H2,1H3,(H,18,19). The van der Waals surface area contributed by atoms with Crippen molar-refractivity contribution in [2.45, 2.75) is 71.1 Å². The lowest BCUT2D eigenvalue weighted by Crippen LogP contribution is -2.23. The lowest BCUT2D eigenvalue weighted by molar-refractivity contribution is -0.158. The molecule has 0 spiro atoms. The second kappa shape index (κ2) is 14.5. The molecule has 0 rings (SSSR count). The van der Waals surface area contributed by atoms with E-state index in [0.29, 0.717) is 12.8 Å². The number of hydrogen-bond donors (Lipinski definition) is 2. The van der Waals surface area contributed by atoms with Crippen LogP contribution in [0.1, 0.15) is 71.1 Å². The van der Waals surface area contributed by atoms with E-state index >= 15 is 0 Å². The van der Waals surface area contributed by atoms with Crippen LogP contribution >= 0.6 is 0 Å². The zero-order valence-corrected chi connectivity index (χ0v) is 13.7. The molecule has 0 radical (unpaired) electrons. The maximum atomic E-state index is 11.4. The van der Waals surface area contributed by atoms with E-state index in [1.165, 1.54) is 0 Å². The van der Waals surface area contributed by atoms with Crippen LogP contribution < -0.4 is 11.1 Å². The fourth-order valence-corrected chi connectivity index (χ4v) is 1.97. The van der Waals surface area contributed by atoms with Gasteiger partial charge in [-0.15, -0.1) is 0 Å². The van der Waals surface area contributed by atoms with Crippen LogP contribution in [-0.4, -0.2) is 30.9 Å². The third-order valence-corrected chi connectivity index (χ3v) is 3.28. The summed E-state index contributed by atoms with van der Waals surface area (Å²) in [4.78, 5) is 33.4. The summed E-state index contributed by atoms with van der Waals surface area (Å²) in [5.74, 6) is -1.04. The summed E-state index contributed by atoms with van der Waals surface area (Å²) in [6, 6.07) is 0. The summed E-state index contributed by atoms with van der Waals surface area (Å²) in [7, 11) is 0. The van der Waals surface area contributed by atoms with Gasteiger partial charge in [0.15, 0.2) is 0 Å². The summed E-state index contributed by atoms with van der Waals surface area (Å²) in [6.07, 6.45) is 8.63. The molecule has 0 fully saturated rings. The largest absolute Gasteiger partial charge is 0.392 e.